The van der Waals surface area contributed by atoms with Crippen molar-refractivity contribution in [3.8, 4) is 0 Å². The number of nitro benzene ring substituents is 1. The monoisotopic (exact) mass is 234 g/mol. The van der Waals surface area contributed by atoms with Gasteiger partial charge in [-0.2, -0.15) is 0 Å². The fourth-order valence-electron chi connectivity index (χ4n) is 1.59. The first-order valence-electron chi connectivity index (χ1n) is 5.61. The first-order valence-corrected chi connectivity index (χ1v) is 5.61. The molecular formula is C13H18N2O2. The molecule has 1 aromatic carbocycles. The van der Waals surface area contributed by atoms with Gasteiger partial charge in [0.2, 0.25) is 0 Å². The van der Waals surface area contributed by atoms with Crippen LogP contribution < -0.4 is 5.73 Å². The van der Waals surface area contributed by atoms with Crippen LogP contribution in [0.5, 0.6) is 0 Å². The van der Waals surface area contributed by atoms with Crippen LogP contribution in [0, 0.1) is 23.0 Å². The Labute approximate surface area is 101 Å². The molecule has 0 aliphatic heterocycles. The minimum atomic E-state index is -0.357. The second kappa shape index (κ2) is 5.59. The molecule has 1 aromatic rings. The molecule has 0 atom stereocenters. The first kappa shape index (κ1) is 13.4. The van der Waals surface area contributed by atoms with E-state index in [0.717, 1.165) is 11.1 Å². The Hall–Kier alpha value is -1.68. The van der Waals surface area contributed by atoms with Crippen molar-refractivity contribution in [2.75, 3.05) is 6.54 Å². The summed E-state index contributed by atoms with van der Waals surface area (Å²) in [4.78, 5) is 10.5. The maximum absolute atomic E-state index is 10.8. The Morgan fingerprint density at radius 2 is 2.18 bits per heavy atom. The molecule has 0 radical (unpaired) electrons. The molecule has 0 unspecified atom stereocenters. The van der Waals surface area contributed by atoms with Gasteiger partial charge in [-0.1, -0.05) is 37.6 Å². The SMILES string of the molecule is Cc1ccc(C=C(CN)C(C)C)cc1[N+](=O)[O-]. The van der Waals surface area contributed by atoms with Gasteiger partial charge in [0, 0.05) is 18.2 Å². The van der Waals surface area contributed by atoms with Crippen LogP contribution in [0.25, 0.3) is 6.08 Å². The third-order valence-electron chi connectivity index (χ3n) is 2.76. The molecule has 0 amide bonds. The van der Waals surface area contributed by atoms with Gasteiger partial charge in [0.1, 0.15) is 0 Å². The quantitative estimate of drug-likeness (QED) is 0.643. The van der Waals surface area contributed by atoms with Crippen molar-refractivity contribution in [2.45, 2.75) is 20.8 Å². The molecule has 2 N–H and O–H groups in total. The largest absolute Gasteiger partial charge is 0.327 e. The Morgan fingerprint density at radius 1 is 1.53 bits per heavy atom. The fraction of sp³-hybridized carbons (Fsp3) is 0.385. The van der Waals surface area contributed by atoms with E-state index >= 15 is 0 Å². The zero-order valence-corrected chi connectivity index (χ0v) is 10.4. The van der Waals surface area contributed by atoms with E-state index in [9.17, 15) is 10.1 Å². The minimum absolute atomic E-state index is 0.152. The second-order valence-corrected chi connectivity index (χ2v) is 4.38. The molecule has 0 saturated carbocycles. The summed E-state index contributed by atoms with van der Waals surface area (Å²) in [5.74, 6) is 0.348. The lowest BCUT2D eigenvalue weighted by Crippen LogP contribution is -2.08. The number of hydrogen-bond acceptors (Lipinski definition) is 3. The summed E-state index contributed by atoms with van der Waals surface area (Å²) in [5.41, 5.74) is 8.39. The second-order valence-electron chi connectivity index (χ2n) is 4.38. The number of hydrogen-bond donors (Lipinski definition) is 1. The standard InChI is InChI=1S/C13H18N2O2/c1-9(2)12(8-14)6-11-5-4-10(3)13(7-11)15(16)17/h4-7,9H,8,14H2,1-3H3. The molecule has 4 nitrogen and oxygen atoms in total. The van der Waals surface area contributed by atoms with E-state index in [1.165, 1.54) is 0 Å². The van der Waals surface area contributed by atoms with Crippen LogP contribution >= 0.6 is 0 Å². The van der Waals surface area contributed by atoms with Gasteiger partial charge < -0.3 is 5.73 Å². The average Bonchev–Trinajstić information content (AvgIpc) is 2.27. The first-order chi connectivity index (χ1) is 7.95. The zero-order valence-electron chi connectivity index (χ0n) is 10.4. The van der Waals surface area contributed by atoms with Crippen molar-refractivity contribution < 1.29 is 4.92 Å². The lowest BCUT2D eigenvalue weighted by atomic mass is 9.99. The molecule has 0 saturated heterocycles. The van der Waals surface area contributed by atoms with Gasteiger partial charge in [0.25, 0.3) is 5.69 Å². The summed E-state index contributed by atoms with van der Waals surface area (Å²) >= 11 is 0. The molecule has 0 heterocycles. The van der Waals surface area contributed by atoms with Crippen LogP contribution in [-0.2, 0) is 0 Å². The summed E-state index contributed by atoms with van der Waals surface area (Å²) in [6.45, 7) is 6.32. The Morgan fingerprint density at radius 3 is 2.65 bits per heavy atom. The van der Waals surface area contributed by atoms with Gasteiger partial charge in [0.05, 0.1) is 4.92 Å². The van der Waals surface area contributed by atoms with Crippen molar-refractivity contribution in [2.24, 2.45) is 11.7 Å². The normalized spacial score (nSPS) is 11.9. The van der Waals surface area contributed by atoms with Crippen LogP contribution in [0.3, 0.4) is 0 Å². The number of benzene rings is 1. The van der Waals surface area contributed by atoms with Crippen LogP contribution in [0.2, 0.25) is 0 Å². The summed E-state index contributed by atoms with van der Waals surface area (Å²) < 4.78 is 0. The Kier molecular flexibility index (Phi) is 4.40. The molecule has 4 heteroatoms. The zero-order chi connectivity index (χ0) is 13.0. The van der Waals surface area contributed by atoms with E-state index < -0.39 is 0 Å². The summed E-state index contributed by atoms with van der Waals surface area (Å²) in [6.07, 6.45) is 1.93. The lowest BCUT2D eigenvalue weighted by Gasteiger charge is -2.08. The highest BCUT2D eigenvalue weighted by atomic mass is 16.6. The number of nitrogens with zero attached hydrogens (tertiary/aromatic N) is 1. The van der Waals surface area contributed by atoms with E-state index in [2.05, 4.69) is 13.8 Å². The van der Waals surface area contributed by atoms with Crippen molar-refractivity contribution >= 4 is 11.8 Å². The van der Waals surface area contributed by atoms with Crippen LogP contribution in [0.1, 0.15) is 25.0 Å². The molecule has 0 spiro atoms. The molecule has 0 aliphatic carbocycles. The van der Waals surface area contributed by atoms with Gasteiger partial charge in [-0.05, 0) is 18.4 Å². The highest BCUT2D eigenvalue weighted by Crippen LogP contribution is 2.22. The number of nitrogens with two attached hydrogens (primary N) is 1. The van der Waals surface area contributed by atoms with E-state index in [1.54, 1.807) is 19.1 Å². The molecular weight excluding hydrogens is 216 g/mol. The predicted octanol–water partition coefficient (Wildman–Crippen LogP) is 2.90. The fourth-order valence-corrected chi connectivity index (χ4v) is 1.59. The Bertz CT molecular complexity index is 451. The topological polar surface area (TPSA) is 69.2 Å². The summed E-state index contributed by atoms with van der Waals surface area (Å²) in [5, 5.41) is 10.8. The van der Waals surface area contributed by atoms with Crippen LogP contribution in [0.15, 0.2) is 23.8 Å². The van der Waals surface area contributed by atoms with Crippen molar-refractivity contribution in [1.29, 1.82) is 0 Å². The molecule has 1 rings (SSSR count). The highest BCUT2D eigenvalue weighted by Gasteiger charge is 2.10. The third-order valence-corrected chi connectivity index (χ3v) is 2.76. The molecule has 17 heavy (non-hydrogen) atoms. The molecule has 0 aliphatic rings. The van der Waals surface area contributed by atoms with Gasteiger partial charge in [-0.15, -0.1) is 0 Å². The van der Waals surface area contributed by atoms with E-state index in [0.29, 0.717) is 18.0 Å². The molecule has 0 aromatic heterocycles. The van der Waals surface area contributed by atoms with Gasteiger partial charge >= 0.3 is 0 Å². The summed E-state index contributed by atoms with van der Waals surface area (Å²) in [7, 11) is 0. The van der Waals surface area contributed by atoms with Crippen molar-refractivity contribution in [3.05, 3.63) is 45.0 Å². The predicted molar refractivity (Wildman–Crippen MR) is 69.7 cm³/mol. The number of rotatable bonds is 4. The van der Waals surface area contributed by atoms with E-state index in [1.807, 2.05) is 12.1 Å². The summed E-state index contributed by atoms with van der Waals surface area (Å²) in [6, 6.07) is 5.23. The van der Waals surface area contributed by atoms with Crippen molar-refractivity contribution in [1.82, 2.24) is 0 Å². The van der Waals surface area contributed by atoms with E-state index in [4.69, 9.17) is 5.73 Å². The number of nitro groups is 1. The maximum Gasteiger partial charge on any atom is 0.272 e. The van der Waals surface area contributed by atoms with Gasteiger partial charge in [0.15, 0.2) is 0 Å². The lowest BCUT2D eigenvalue weighted by molar-refractivity contribution is -0.385. The van der Waals surface area contributed by atoms with Gasteiger partial charge in [-0.25, -0.2) is 0 Å². The number of aryl methyl sites for hydroxylation is 1. The minimum Gasteiger partial charge on any atom is -0.327 e. The average molecular weight is 234 g/mol. The molecule has 0 bridgehead atoms. The van der Waals surface area contributed by atoms with Crippen molar-refractivity contribution in [3.63, 3.8) is 0 Å². The van der Waals surface area contributed by atoms with Crippen LogP contribution in [-0.4, -0.2) is 11.5 Å². The molecule has 92 valence electrons. The maximum atomic E-state index is 10.8. The highest BCUT2D eigenvalue weighted by molar-refractivity contribution is 5.58. The van der Waals surface area contributed by atoms with Crippen LogP contribution in [0.4, 0.5) is 5.69 Å². The third kappa shape index (κ3) is 3.39. The molecule has 0 fully saturated rings. The Balaban J connectivity index is 3.16. The smallest absolute Gasteiger partial charge is 0.272 e. The van der Waals surface area contributed by atoms with Gasteiger partial charge in [-0.3, -0.25) is 10.1 Å². The van der Waals surface area contributed by atoms with E-state index in [-0.39, 0.29) is 10.6 Å².